The van der Waals surface area contributed by atoms with Crippen LogP contribution >= 0.6 is 11.8 Å². The first-order chi connectivity index (χ1) is 6.22. The van der Waals surface area contributed by atoms with E-state index in [0.717, 1.165) is 18.2 Å². The number of hydrogen-bond donors (Lipinski definition) is 0. The smallest absolute Gasteiger partial charge is 0.126 e. The van der Waals surface area contributed by atoms with Gasteiger partial charge in [0.2, 0.25) is 0 Å². The SMILES string of the molecule is [CH2]CCSCc1cc(F)cc(F)c1. The third kappa shape index (κ3) is 3.77. The number of benzene rings is 1. The van der Waals surface area contributed by atoms with E-state index in [1.54, 1.807) is 11.8 Å². The zero-order chi connectivity index (χ0) is 9.68. The standard InChI is InChI=1S/C10H11F2S/c1-2-3-13-7-8-4-9(11)6-10(12)5-8/h4-6H,1-3,7H2. The molecular formula is C10H11F2S. The summed E-state index contributed by atoms with van der Waals surface area (Å²) in [5, 5.41) is 0. The van der Waals surface area contributed by atoms with E-state index in [1.165, 1.54) is 12.1 Å². The highest BCUT2D eigenvalue weighted by Crippen LogP contribution is 2.15. The summed E-state index contributed by atoms with van der Waals surface area (Å²) in [5.41, 5.74) is 0.691. The Kier molecular flexibility index (Phi) is 4.22. The largest absolute Gasteiger partial charge is 0.207 e. The molecule has 0 bridgehead atoms. The molecule has 0 aliphatic carbocycles. The Morgan fingerprint density at radius 3 is 2.31 bits per heavy atom. The molecule has 0 nitrogen and oxygen atoms in total. The monoisotopic (exact) mass is 201 g/mol. The third-order valence-corrected chi connectivity index (χ3v) is 2.59. The highest BCUT2D eigenvalue weighted by molar-refractivity contribution is 7.98. The van der Waals surface area contributed by atoms with Crippen molar-refractivity contribution in [2.45, 2.75) is 12.2 Å². The molecule has 0 amide bonds. The van der Waals surface area contributed by atoms with Crippen LogP contribution < -0.4 is 0 Å². The Labute approximate surface area is 81.3 Å². The van der Waals surface area contributed by atoms with E-state index in [1.807, 2.05) is 0 Å². The topological polar surface area (TPSA) is 0 Å². The molecule has 13 heavy (non-hydrogen) atoms. The van der Waals surface area contributed by atoms with Crippen LogP contribution in [0.2, 0.25) is 0 Å². The van der Waals surface area contributed by atoms with E-state index in [0.29, 0.717) is 11.3 Å². The van der Waals surface area contributed by atoms with Gasteiger partial charge in [-0.1, -0.05) is 6.92 Å². The van der Waals surface area contributed by atoms with Crippen molar-refractivity contribution in [2.24, 2.45) is 0 Å². The Bertz CT molecular complexity index is 253. The molecule has 3 heteroatoms. The van der Waals surface area contributed by atoms with Crippen molar-refractivity contribution in [3.8, 4) is 0 Å². The fraction of sp³-hybridized carbons (Fsp3) is 0.300. The van der Waals surface area contributed by atoms with Crippen molar-refractivity contribution in [1.82, 2.24) is 0 Å². The lowest BCUT2D eigenvalue weighted by Gasteiger charge is -2.00. The van der Waals surface area contributed by atoms with Gasteiger partial charge < -0.3 is 0 Å². The van der Waals surface area contributed by atoms with Gasteiger partial charge in [-0.2, -0.15) is 11.8 Å². The predicted octanol–water partition coefficient (Wildman–Crippen LogP) is 3.42. The molecule has 0 fully saturated rings. The van der Waals surface area contributed by atoms with Gasteiger partial charge in [0.25, 0.3) is 0 Å². The average molecular weight is 201 g/mol. The van der Waals surface area contributed by atoms with Crippen LogP contribution in [0.15, 0.2) is 18.2 Å². The summed E-state index contributed by atoms with van der Waals surface area (Å²) in [6.45, 7) is 3.68. The molecule has 1 radical (unpaired) electrons. The van der Waals surface area contributed by atoms with Crippen LogP contribution in [0.25, 0.3) is 0 Å². The lowest BCUT2D eigenvalue weighted by atomic mass is 10.2. The summed E-state index contributed by atoms with van der Waals surface area (Å²) in [6, 6.07) is 3.61. The van der Waals surface area contributed by atoms with Crippen molar-refractivity contribution in [1.29, 1.82) is 0 Å². The zero-order valence-electron chi connectivity index (χ0n) is 7.22. The minimum atomic E-state index is -0.509. The molecule has 1 aromatic carbocycles. The normalized spacial score (nSPS) is 10.4. The summed E-state index contributed by atoms with van der Waals surface area (Å²) in [4.78, 5) is 0. The highest BCUT2D eigenvalue weighted by Gasteiger charge is 1.99. The van der Waals surface area contributed by atoms with Gasteiger partial charge in [-0.25, -0.2) is 8.78 Å². The van der Waals surface area contributed by atoms with Crippen molar-refractivity contribution < 1.29 is 8.78 Å². The first-order valence-corrected chi connectivity index (χ1v) is 5.20. The third-order valence-electron chi connectivity index (χ3n) is 1.48. The molecule has 0 unspecified atom stereocenters. The number of hydrogen-bond acceptors (Lipinski definition) is 1. The fourth-order valence-electron chi connectivity index (χ4n) is 0.986. The molecule has 0 N–H and O–H groups in total. The summed E-state index contributed by atoms with van der Waals surface area (Å²) >= 11 is 1.63. The van der Waals surface area contributed by atoms with Gasteiger partial charge in [0.15, 0.2) is 0 Å². The van der Waals surface area contributed by atoms with Crippen LogP contribution in [0, 0.1) is 18.6 Å². The van der Waals surface area contributed by atoms with Crippen molar-refractivity contribution in [3.05, 3.63) is 42.3 Å². The number of rotatable bonds is 4. The van der Waals surface area contributed by atoms with Gasteiger partial charge in [-0.15, -0.1) is 0 Å². The number of thioether (sulfide) groups is 1. The van der Waals surface area contributed by atoms with Crippen LogP contribution in [0.4, 0.5) is 8.78 Å². The highest BCUT2D eigenvalue weighted by atomic mass is 32.2. The Balaban J connectivity index is 2.56. The van der Waals surface area contributed by atoms with E-state index in [9.17, 15) is 8.78 Å². The van der Waals surface area contributed by atoms with E-state index in [-0.39, 0.29) is 0 Å². The van der Waals surface area contributed by atoms with Crippen molar-refractivity contribution in [3.63, 3.8) is 0 Å². The first-order valence-electron chi connectivity index (χ1n) is 4.04. The number of halogens is 2. The molecule has 0 aliphatic heterocycles. The minimum absolute atomic E-state index is 0.509. The van der Waals surface area contributed by atoms with Gasteiger partial charge in [0.1, 0.15) is 11.6 Å². The van der Waals surface area contributed by atoms with Crippen molar-refractivity contribution >= 4 is 11.8 Å². The lowest BCUT2D eigenvalue weighted by Crippen LogP contribution is -1.87. The molecule has 71 valence electrons. The molecule has 0 heterocycles. The quantitative estimate of drug-likeness (QED) is 0.672. The van der Waals surface area contributed by atoms with E-state index in [2.05, 4.69) is 6.92 Å². The second-order valence-corrected chi connectivity index (χ2v) is 3.79. The predicted molar refractivity (Wildman–Crippen MR) is 52.5 cm³/mol. The summed E-state index contributed by atoms with van der Waals surface area (Å²) in [6.07, 6.45) is 0.836. The van der Waals surface area contributed by atoms with E-state index >= 15 is 0 Å². The molecule has 1 rings (SSSR count). The maximum Gasteiger partial charge on any atom is 0.126 e. The molecule has 0 spiro atoms. The first kappa shape index (κ1) is 10.5. The van der Waals surface area contributed by atoms with Crippen LogP contribution in [0.1, 0.15) is 12.0 Å². The van der Waals surface area contributed by atoms with Gasteiger partial charge in [0, 0.05) is 11.8 Å². The van der Waals surface area contributed by atoms with Crippen molar-refractivity contribution in [2.75, 3.05) is 5.75 Å². The van der Waals surface area contributed by atoms with Gasteiger partial charge in [-0.3, -0.25) is 0 Å². The van der Waals surface area contributed by atoms with E-state index < -0.39 is 11.6 Å². The molecule has 0 aliphatic rings. The Hall–Kier alpha value is -0.570. The fourth-order valence-corrected chi connectivity index (χ4v) is 1.74. The van der Waals surface area contributed by atoms with Crippen LogP contribution in [0.5, 0.6) is 0 Å². The summed E-state index contributed by atoms with van der Waals surface area (Å²) < 4.78 is 25.4. The van der Waals surface area contributed by atoms with E-state index in [4.69, 9.17) is 0 Å². The summed E-state index contributed by atoms with van der Waals surface area (Å²) in [5.74, 6) is 0.540. The zero-order valence-corrected chi connectivity index (χ0v) is 8.04. The molecule has 0 atom stereocenters. The molecule has 0 saturated carbocycles. The average Bonchev–Trinajstić information content (AvgIpc) is 2.03. The molecule has 0 saturated heterocycles. The summed E-state index contributed by atoms with van der Waals surface area (Å²) in [7, 11) is 0. The minimum Gasteiger partial charge on any atom is -0.207 e. The van der Waals surface area contributed by atoms with Gasteiger partial charge in [0.05, 0.1) is 0 Å². The Morgan fingerprint density at radius 2 is 1.77 bits per heavy atom. The lowest BCUT2D eigenvalue weighted by molar-refractivity contribution is 0.581. The Morgan fingerprint density at radius 1 is 1.15 bits per heavy atom. The van der Waals surface area contributed by atoms with Crippen LogP contribution in [-0.2, 0) is 5.75 Å². The molecule has 0 aromatic heterocycles. The maximum absolute atomic E-state index is 12.7. The maximum atomic E-state index is 12.7. The van der Waals surface area contributed by atoms with Gasteiger partial charge >= 0.3 is 0 Å². The molecule has 1 aromatic rings. The van der Waals surface area contributed by atoms with Gasteiger partial charge in [-0.05, 0) is 29.9 Å². The second-order valence-electron chi connectivity index (χ2n) is 2.68. The molecular weight excluding hydrogens is 190 g/mol. The van der Waals surface area contributed by atoms with Crippen LogP contribution in [0.3, 0.4) is 0 Å². The van der Waals surface area contributed by atoms with Crippen LogP contribution in [-0.4, -0.2) is 5.75 Å². The second kappa shape index (κ2) is 5.22.